The van der Waals surface area contributed by atoms with E-state index in [4.69, 9.17) is 4.74 Å². The lowest BCUT2D eigenvalue weighted by molar-refractivity contribution is 0.293. The highest BCUT2D eigenvalue weighted by atomic mass is 79.9. The summed E-state index contributed by atoms with van der Waals surface area (Å²) in [5.74, 6) is 1.79. The molecular weight excluding hydrogens is 316 g/mol. The predicted octanol–water partition coefficient (Wildman–Crippen LogP) is 4.29. The van der Waals surface area contributed by atoms with Gasteiger partial charge in [-0.15, -0.1) is 0 Å². The molecule has 0 aliphatic rings. The summed E-state index contributed by atoms with van der Waals surface area (Å²) in [5.41, 5.74) is 3.33. The molecule has 0 saturated carbocycles. The standard InChI is InChI=1S/C16H15BrN2O/c1-11-6-3-4-9-14(11)20-10-15-18-16(17)13-8-5-7-12(2)19(13)15/h3-9H,10H2,1-2H3. The summed E-state index contributed by atoms with van der Waals surface area (Å²) in [4.78, 5) is 4.55. The highest BCUT2D eigenvalue weighted by molar-refractivity contribution is 9.10. The summed E-state index contributed by atoms with van der Waals surface area (Å²) in [7, 11) is 0. The van der Waals surface area contributed by atoms with Crippen molar-refractivity contribution in [2.75, 3.05) is 0 Å². The van der Waals surface area contributed by atoms with Gasteiger partial charge in [0.25, 0.3) is 0 Å². The molecule has 0 amide bonds. The number of para-hydroxylation sites is 1. The smallest absolute Gasteiger partial charge is 0.152 e. The first-order valence-corrected chi connectivity index (χ1v) is 7.27. The first-order valence-electron chi connectivity index (χ1n) is 6.47. The van der Waals surface area contributed by atoms with E-state index in [1.54, 1.807) is 0 Å². The Bertz CT molecular complexity index is 764. The van der Waals surface area contributed by atoms with E-state index in [0.29, 0.717) is 6.61 Å². The third kappa shape index (κ3) is 2.31. The van der Waals surface area contributed by atoms with Gasteiger partial charge in [0, 0.05) is 5.69 Å². The van der Waals surface area contributed by atoms with Gasteiger partial charge in [-0.3, -0.25) is 4.40 Å². The van der Waals surface area contributed by atoms with Crippen molar-refractivity contribution in [2.45, 2.75) is 20.5 Å². The van der Waals surface area contributed by atoms with Crippen molar-refractivity contribution >= 4 is 21.4 Å². The van der Waals surface area contributed by atoms with E-state index in [-0.39, 0.29) is 0 Å². The van der Waals surface area contributed by atoms with E-state index < -0.39 is 0 Å². The van der Waals surface area contributed by atoms with Crippen molar-refractivity contribution < 1.29 is 4.74 Å². The number of hydrogen-bond donors (Lipinski definition) is 0. The number of hydrogen-bond acceptors (Lipinski definition) is 2. The summed E-state index contributed by atoms with van der Waals surface area (Å²) < 4.78 is 8.86. The van der Waals surface area contributed by atoms with Crippen molar-refractivity contribution in [1.29, 1.82) is 0 Å². The molecule has 0 N–H and O–H groups in total. The molecule has 0 unspecified atom stereocenters. The molecule has 0 spiro atoms. The van der Waals surface area contributed by atoms with Crippen LogP contribution in [0.3, 0.4) is 0 Å². The lowest BCUT2D eigenvalue weighted by Crippen LogP contribution is -2.04. The van der Waals surface area contributed by atoms with E-state index in [1.807, 2.05) is 43.3 Å². The molecule has 0 bridgehead atoms. The maximum atomic E-state index is 5.90. The van der Waals surface area contributed by atoms with Crippen LogP contribution >= 0.6 is 15.9 Å². The first kappa shape index (κ1) is 13.2. The van der Waals surface area contributed by atoms with Gasteiger partial charge in [-0.25, -0.2) is 4.98 Å². The Labute approximate surface area is 126 Å². The van der Waals surface area contributed by atoms with Crippen LogP contribution in [0.1, 0.15) is 17.1 Å². The average molecular weight is 331 g/mol. The van der Waals surface area contributed by atoms with E-state index in [2.05, 4.69) is 38.3 Å². The molecule has 0 fully saturated rings. The molecule has 0 aliphatic carbocycles. The predicted molar refractivity (Wildman–Crippen MR) is 83.1 cm³/mol. The zero-order valence-corrected chi connectivity index (χ0v) is 13.0. The average Bonchev–Trinajstić information content (AvgIpc) is 2.76. The number of nitrogens with zero attached hydrogens (tertiary/aromatic N) is 2. The maximum absolute atomic E-state index is 5.90. The molecular formula is C16H15BrN2O. The van der Waals surface area contributed by atoms with Crippen LogP contribution in [0.5, 0.6) is 5.75 Å². The number of benzene rings is 1. The van der Waals surface area contributed by atoms with Gasteiger partial charge in [-0.2, -0.15) is 0 Å². The Balaban J connectivity index is 1.94. The molecule has 4 heteroatoms. The van der Waals surface area contributed by atoms with Crippen LogP contribution in [0.2, 0.25) is 0 Å². The monoisotopic (exact) mass is 330 g/mol. The topological polar surface area (TPSA) is 26.5 Å². The Morgan fingerprint density at radius 3 is 2.70 bits per heavy atom. The van der Waals surface area contributed by atoms with E-state index in [1.165, 1.54) is 0 Å². The van der Waals surface area contributed by atoms with Crippen LogP contribution in [0.15, 0.2) is 47.1 Å². The van der Waals surface area contributed by atoms with E-state index in [0.717, 1.165) is 33.0 Å². The summed E-state index contributed by atoms with van der Waals surface area (Å²) in [5, 5.41) is 0. The van der Waals surface area contributed by atoms with Crippen molar-refractivity contribution in [3.8, 4) is 5.75 Å². The highest BCUT2D eigenvalue weighted by Crippen LogP contribution is 2.23. The molecule has 0 saturated heterocycles. The molecule has 2 aromatic heterocycles. The maximum Gasteiger partial charge on any atom is 0.152 e. The molecule has 3 nitrogen and oxygen atoms in total. The second-order valence-electron chi connectivity index (χ2n) is 4.76. The van der Waals surface area contributed by atoms with Crippen LogP contribution in [-0.2, 0) is 6.61 Å². The molecule has 0 atom stereocenters. The number of aryl methyl sites for hydroxylation is 2. The quantitative estimate of drug-likeness (QED) is 0.716. The molecule has 0 aliphatic heterocycles. The third-order valence-corrected chi connectivity index (χ3v) is 3.92. The number of pyridine rings is 1. The molecule has 2 heterocycles. The number of halogens is 1. The van der Waals surface area contributed by atoms with Crippen molar-refractivity contribution in [1.82, 2.24) is 9.38 Å². The van der Waals surface area contributed by atoms with Crippen LogP contribution in [-0.4, -0.2) is 9.38 Å². The van der Waals surface area contributed by atoms with E-state index in [9.17, 15) is 0 Å². The van der Waals surface area contributed by atoms with Gasteiger partial charge in [0.2, 0.25) is 0 Å². The largest absolute Gasteiger partial charge is 0.485 e. The Morgan fingerprint density at radius 1 is 1.10 bits per heavy atom. The van der Waals surface area contributed by atoms with Crippen molar-refractivity contribution in [3.05, 3.63) is 64.1 Å². The Hall–Kier alpha value is -1.81. The number of fused-ring (bicyclic) bond motifs is 1. The number of aromatic nitrogens is 2. The Kier molecular flexibility index (Phi) is 3.49. The van der Waals surface area contributed by atoms with Gasteiger partial charge in [-0.05, 0) is 53.5 Å². The SMILES string of the molecule is Cc1ccccc1OCc1nc(Br)c2cccc(C)n12. The molecule has 3 aromatic rings. The molecule has 102 valence electrons. The van der Waals surface area contributed by atoms with Gasteiger partial charge in [0.15, 0.2) is 5.82 Å². The summed E-state index contributed by atoms with van der Waals surface area (Å²) in [6, 6.07) is 14.1. The van der Waals surface area contributed by atoms with Gasteiger partial charge < -0.3 is 4.74 Å². The summed E-state index contributed by atoms with van der Waals surface area (Å²) >= 11 is 3.51. The summed E-state index contributed by atoms with van der Waals surface area (Å²) in [6.45, 7) is 4.56. The van der Waals surface area contributed by atoms with E-state index >= 15 is 0 Å². The fourth-order valence-corrected chi connectivity index (χ4v) is 2.81. The summed E-state index contributed by atoms with van der Waals surface area (Å²) in [6.07, 6.45) is 0. The van der Waals surface area contributed by atoms with Crippen molar-refractivity contribution in [3.63, 3.8) is 0 Å². The number of rotatable bonds is 3. The van der Waals surface area contributed by atoms with Crippen LogP contribution in [0.25, 0.3) is 5.52 Å². The molecule has 3 rings (SSSR count). The fraction of sp³-hybridized carbons (Fsp3) is 0.188. The highest BCUT2D eigenvalue weighted by Gasteiger charge is 2.11. The van der Waals surface area contributed by atoms with Gasteiger partial charge in [0.05, 0.1) is 5.52 Å². The first-order chi connectivity index (χ1) is 9.66. The fourth-order valence-electron chi connectivity index (χ4n) is 2.30. The van der Waals surface area contributed by atoms with Gasteiger partial charge >= 0.3 is 0 Å². The minimum absolute atomic E-state index is 0.447. The minimum Gasteiger partial charge on any atom is -0.485 e. The second kappa shape index (κ2) is 5.29. The second-order valence-corrected chi connectivity index (χ2v) is 5.51. The number of ether oxygens (including phenoxy) is 1. The van der Waals surface area contributed by atoms with Crippen LogP contribution < -0.4 is 4.74 Å². The molecule has 0 radical (unpaired) electrons. The molecule has 20 heavy (non-hydrogen) atoms. The van der Waals surface area contributed by atoms with Crippen LogP contribution in [0, 0.1) is 13.8 Å². The van der Waals surface area contributed by atoms with Gasteiger partial charge in [0.1, 0.15) is 17.0 Å². The number of imidazole rings is 1. The van der Waals surface area contributed by atoms with Crippen LogP contribution in [0.4, 0.5) is 0 Å². The zero-order chi connectivity index (χ0) is 14.1. The lowest BCUT2D eigenvalue weighted by atomic mass is 10.2. The zero-order valence-electron chi connectivity index (χ0n) is 11.4. The lowest BCUT2D eigenvalue weighted by Gasteiger charge is -2.09. The normalized spacial score (nSPS) is 10.9. The third-order valence-electron chi connectivity index (χ3n) is 3.33. The van der Waals surface area contributed by atoms with Crippen molar-refractivity contribution in [2.24, 2.45) is 0 Å². The van der Waals surface area contributed by atoms with Gasteiger partial charge in [-0.1, -0.05) is 24.3 Å². The Morgan fingerprint density at radius 2 is 1.90 bits per heavy atom. The minimum atomic E-state index is 0.447. The molecule has 1 aromatic carbocycles.